The fraction of sp³-hybridized carbons (Fsp3) is 0.692. The summed E-state index contributed by atoms with van der Waals surface area (Å²) in [6.07, 6.45) is 1.12. The number of nitrogens with one attached hydrogen (secondary N) is 2. The van der Waals surface area contributed by atoms with Crippen LogP contribution in [0.1, 0.15) is 52.8 Å². The average molecular weight is 251 g/mol. The van der Waals surface area contributed by atoms with Gasteiger partial charge in [-0.3, -0.25) is 0 Å². The van der Waals surface area contributed by atoms with E-state index in [-0.39, 0.29) is 11.3 Å². The molecule has 1 rings (SSSR count). The van der Waals surface area contributed by atoms with Gasteiger partial charge in [-0.05, 0) is 11.8 Å². The van der Waals surface area contributed by atoms with Crippen LogP contribution in [0.2, 0.25) is 0 Å². The molecule has 0 aromatic carbocycles. The second-order valence-corrected chi connectivity index (χ2v) is 5.67. The van der Waals surface area contributed by atoms with Gasteiger partial charge in [0.05, 0.1) is 0 Å². The Labute approximate surface area is 110 Å². The van der Waals surface area contributed by atoms with Crippen molar-refractivity contribution in [2.75, 3.05) is 17.3 Å². The number of nitrogens with zero attached hydrogens (tertiary/aromatic N) is 2. The summed E-state index contributed by atoms with van der Waals surface area (Å²) >= 11 is 0. The van der Waals surface area contributed by atoms with Crippen LogP contribution in [0.15, 0.2) is 6.07 Å². The molecule has 102 valence electrons. The van der Waals surface area contributed by atoms with E-state index < -0.39 is 0 Å². The highest BCUT2D eigenvalue weighted by atomic mass is 15.3. The number of hydrazine groups is 1. The largest absolute Gasteiger partial charge is 0.369 e. The lowest BCUT2D eigenvalue weighted by atomic mass is 9.90. The van der Waals surface area contributed by atoms with Gasteiger partial charge in [0.2, 0.25) is 0 Å². The van der Waals surface area contributed by atoms with Crippen molar-refractivity contribution >= 4 is 11.6 Å². The predicted molar refractivity (Wildman–Crippen MR) is 76.5 cm³/mol. The van der Waals surface area contributed by atoms with E-state index >= 15 is 0 Å². The normalized spacial score (nSPS) is 11.7. The quantitative estimate of drug-likeness (QED) is 0.535. The topological polar surface area (TPSA) is 75.9 Å². The molecule has 0 unspecified atom stereocenters. The van der Waals surface area contributed by atoms with Crippen LogP contribution in [0, 0.1) is 5.41 Å². The van der Waals surface area contributed by atoms with Gasteiger partial charge in [-0.2, -0.15) is 0 Å². The molecular formula is C13H25N5. The molecule has 0 saturated heterocycles. The van der Waals surface area contributed by atoms with Crippen LogP contribution in [0.25, 0.3) is 0 Å². The molecule has 0 atom stereocenters. The molecule has 0 bridgehead atoms. The molecule has 18 heavy (non-hydrogen) atoms. The summed E-state index contributed by atoms with van der Waals surface area (Å²) in [6, 6.07) is 1.83. The second kappa shape index (κ2) is 6.00. The summed E-state index contributed by atoms with van der Waals surface area (Å²) in [5.41, 5.74) is 2.83. The van der Waals surface area contributed by atoms with Crippen LogP contribution in [-0.4, -0.2) is 16.5 Å². The average Bonchev–Trinajstić information content (AvgIpc) is 2.36. The Kier molecular flexibility index (Phi) is 4.90. The standard InChI is InChI=1S/C13H25N5/c1-6-13(4,5)8-15-10-7-11(18-14)17-12(16-10)9(2)3/h7,9H,6,8,14H2,1-5H3,(H2,15,16,17,18). The Hall–Kier alpha value is -1.36. The van der Waals surface area contributed by atoms with Crippen LogP contribution in [0.4, 0.5) is 11.6 Å². The van der Waals surface area contributed by atoms with Crippen molar-refractivity contribution < 1.29 is 0 Å². The molecule has 0 fully saturated rings. The van der Waals surface area contributed by atoms with Gasteiger partial charge in [-0.15, -0.1) is 0 Å². The van der Waals surface area contributed by atoms with Crippen molar-refractivity contribution in [2.24, 2.45) is 11.3 Å². The second-order valence-electron chi connectivity index (χ2n) is 5.67. The summed E-state index contributed by atoms with van der Waals surface area (Å²) in [4.78, 5) is 8.83. The van der Waals surface area contributed by atoms with Crippen molar-refractivity contribution in [1.82, 2.24) is 9.97 Å². The number of nitrogens with two attached hydrogens (primary N) is 1. The van der Waals surface area contributed by atoms with E-state index in [1.807, 2.05) is 6.07 Å². The maximum atomic E-state index is 5.43. The lowest BCUT2D eigenvalue weighted by molar-refractivity contribution is 0.376. The minimum Gasteiger partial charge on any atom is -0.369 e. The lowest BCUT2D eigenvalue weighted by Gasteiger charge is -2.23. The van der Waals surface area contributed by atoms with Crippen molar-refractivity contribution in [1.29, 1.82) is 0 Å². The Morgan fingerprint density at radius 1 is 1.28 bits per heavy atom. The predicted octanol–water partition coefficient (Wildman–Crippen LogP) is 2.73. The first-order valence-electron chi connectivity index (χ1n) is 6.47. The Bertz CT molecular complexity index is 387. The SMILES string of the molecule is CCC(C)(C)CNc1cc(NN)nc(C(C)C)n1. The number of rotatable bonds is 6. The zero-order chi connectivity index (χ0) is 13.8. The Morgan fingerprint density at radius 3 is 2.39 bits per heavy atom. The summed E-state index contributed by atoms with van der Waals surface area (Å²) in [7, 11) is 0. The molecule has 0 amide bonds. The molecule has 0 radical (unpaired) electrons. The lowest BCUT2D eigenvalue weighted by Crippen LogP contribution is -2.23. The van der Waals surface area contributed by atoms with Crippen LogP contribution < -0.4 is 16.6 Å². The number of hydrogen-bond donors (Lipinski definition) is 3. The van der Waals surface area contributed by atoms with Gasteiger partial charge in [0.15, 0.2) is 0 Å². The van der Waals surface area contributed by atoms with E-state index in [1.54, 1.807) is 0 Å². The highest BCUT2D eigenvalue weighted by Gasteiger charge is 2.15. The molecule has 0 spiro atoms. The molecular weight excluding hydrogens is 226 g/mol. The van der Waals surface area contributed by atoms with Gasteiger partial charge in [-0.1, -0.05) is 34.6 Å². The summed E-state index contributed by atoms with van der Waals surface area (Å²) < 4.78 is 0. The van der Waals surface area contributed by atoms with E-state index in [4.69, 9.17) is 5.84 Å². The summed E-state index contributed by atoms with van der Waals surface area (Å²) in [5, 5.41) is 3.36. The van der Waals surface area contributed by atoms with E-state index in [2.05, 4.69) is 55.3 Å². The van der Waals surface area contributed by atoms with E-state index in [1.165, 1.54) is 0 Å². The molecule has 0 saturated carbocycles. The molecule has 5 nitrogen and oxygen atoms in total. The van der Waals surface area contributed by atoms with Gasteiger partial charge in [0.25, 0.3) is 0 Å². The van der Waals surface area contributed by atoms with Gasteiger partial charge in [0.1, 0.15) is 17.5 Å². The Balaban J connectivity index is 2.85. The molecule has 4 N–H and O–H groups in total. The molecule has 0 aliphatic rings. The monoisotopic (exact) mass is 251 g/mol. The van der Waals surface area contributed by atoms with Gasteiger partial charge in [-0.25, -0.2) is 15.8 Å². The van der Waals surface area contributed by atoms with Gasteiger partial charge in [0, 0.05) is 18.5 Å². The van der Waals surface area contributed by atoms with E-state index in [0.717, 1.165) is 24.6 Å². The Morgan fingerprint density at radius 2 is 1.89 bits per heavy atom. The maximum Gasteiger partial charge on any atom is 0.145 e. The van der Waals surface area contributed by atoms with Crippen LogP contribution >= 0.6 is 0 Å². The summed E-state index contributed by atoms with van der Waals surface area (Å²) in [5.74, 6) is 7.96. The minimum absolute atomic E-state index is 0.249. The van der Waals surface area contributed by atoms with Gasteiger partial charge >= 0.3 is 0 Å². The molecule has 1 aromatic rings. The minimum atomic E-state index is 0.249. The molecule has 5 heteroatoms. The smallest absolute Gasteiger partial charge is 0.145 e. The summed E-state index contributed by atoms with van der Waals surface area (Å²) in [6.45, 7) is 11.7. The number of hydrogen-bond acceptors (Lipinski definition) is 5. The van der Waals surface area contributed by atoms with Crippen LogP contribution in [-0.2, 0) is 0 Å². The van der Waals surface area contributed by atoms with Crippen LogP contribution in [0.5, 0.6) is 0 Å². The molecule has 1 heterocycles. The van der Waals surface area contributed by atoms with Crippen molar-refractivity contribution in [3.63, 3.8) is 0 Å². The number of anilines is 2. The fourth-order valence-electron chi connectivity index (χ4n) is 1.34. The third kappa shape index (κ3) is 4.14. The molecule has 1 aromatic heterocycles. The van der Waals surface area contributed by atoms with E-state index in [0.29, 0.717) is 5.82 Å². The molecule has 0 aliphatic heterocycles. The maximum absolute atomic E-state index is 5.43. The van der Waals surface area contributed by atoms with Crippen LogP contribution in [0.3, 0.4) is 0 Å². The first kappa shape index (κ1) is 14.7. The highest BCUT2D eigenvalue weighted by Crippen LogP contribution is 2.21. The first-order valence-corrected chi connectivity index (χ1v) is 6.47. The van der Waals surface area contributed by atoms with Crippen molar-refractivity contribution in [2.45, 2.75) is 47.0 Å². The van der Waals surface area contributed by atoms with Gasteiger partial charge < -0.3 is 10.7 Å². The molecule has 0 aliphatic carbocycles. The van der Waals surface area contributed by atoms with E-state index in [9.17, 15) is 0 Å². The zero-order valence-corrected chi connectivity index (χ0v) is 12.0. The zero-order valence-electron chi connectivity index (χ0n) is 12.0. The first-order chi connectivity index (χ1) is 8.38. The highest BCUT2D eigenvalue weighted by molar-refractivity contribution is 5.47. The fourth-order valence-corrected chi connectivity index (χ4v) is 1.34. The van der Waals surface area contributed by atoms with Crippen molar-refractivity contribution in [3.8, 4) is 0 Å². The third-order valence-electron chi connectivity index (χ3n) is 3.11. The third-order valence-corrected chi connectivity index (χ3v) is 3.11. The number of aromatic nitrogens is 2. The van der Waals surface area contributed by atoms with Crippen molar-refractivity contribution in [3.05, 3.63) is 11.9 Å². The number of nitrogen functional groups attached to an aromatic ring is 1.